The lowest BCUT2D eigenvalue weighted by Crippen LogP contribution is -2.30. The third-order valence-corrected chi connectivity index (χ3v) is 3.53. The van der Waals surface area contributed by atoms with Gasteiger partial charge < -0.3 is 0 Å². The number of halogens is 1. The van der Waals surface area contributed by atoms with Crippen LogP contribution in [0.2, 0.25) is 0 Å². The summed E-state index contributed by atoms with van der Waals surface area (Å²) < 4.78 is 0.814. The maximum Gasteiger partial charge on any atom is 0.261 e. The summed E-state index contributed by atoms with van der Waals surface area (Å²) in [6.07, 6.45) is 1.70. The van der Waals surface area contributed by atoms with Crippen molar-refractivity contribution in [3.05, 3.63) is 33.8 Å². The van der Waals surface area contributed by atoms with Crippen LogP contribution in [0, 0.1) is 0 Å². The molecule has 0 bridgehead atoms. The van der Waals surface area contributed by atoms with Crippen LogP contribution in [-0.2, 0) is 0 Å². The van der Waals surface area contributed by atoms with Gasteiger partial charge in [0, 0.05) is 11.0 Å². The summed E-state index contributed by atoms with van der Waals surface area (Å²) in [4.78, 5) is 25.3. The molecule has 0 radical (unpaired) electrons. The Balaban J connectivity index is 2.20. The first-order chi connectivity index (χ1) is 8.15. The van der Waals surface area contributed by atoms with E-state index in [0.29, 0.717) is 17.7 Å². The number of imide groups is 1. The van der Waals surface area contributed by atoms with Gasteiger partial charge in [-0.2, -0.15) is 12.6 Å². The van der Waals surface area contributed by atoms with E-state index in [1.54, 1.807) is 18.2 Å². The van der Waals surface area contributed by atoms with Crippen LogP contribution < -0.4 is 0 Å². The molecule has 1 aliphatic heterocycles. The third kappa shape index (κ3) is 2.40. The van der Waals surface area contributed by atoms with Crippen molar-refractivity contribution in [2.24, 2.45) is 0 Å². The van der Waals surface area contributed by atoms with E-state index in [-0.39, 0.29) is 11.8 Å². The number of nitrogens with zero attached hydrogens (tertiary/aromatic N) is 1. The molecule has 5 heteroatoms. The van der Waals surface area contributed by atoms with Gasteiger partial charge >= 0.3 is 0 Å². The molecule has 0 N–H and O–H groups in total. The first-order valence-corrected chi connectivity index (χ1v) is 6.84. The first kappa shape index (κ1) is 12.6. The smallest absolute Gasteiger partial charge is 0.261 e. The third-order valence-electron chi connectivity index (χ3n) is 2.72. The number of carbonyl (C=O) groups is 2. The van der Waals surface area contributed by atoms with E-state index in [1.807, 2.05) is 0 Å². The highest BCUT2D eigenvalue weighted by Crippen LogP contribution is 2.26. The molecule has 2 amide bonds. The van der Waals surface area contributed by atoms with Crippen LogP contribution in [0.4, 0.5) is 0 Å². The Hall–Kier alpha value is -0.810. The Morgan fingerprint density at radius 1 is 1.12 bits per heavy atom. The lowest BCUT2D eigenvalue weighted by molar-refractivity contribution is 0.0652. The summed E-state index contributed by atoms with van der Waals surface area (Å²) in [7, 11) is 0. The quantitative estimate of drug-likeness (QED) is 0.527. The monoisotopic (exact) mass is 313 g/mol. The second-order valence-corrected chi connectivity index (χ2v) is 5.25. The minimum absolute atomic E-state index is 0.184. The number of rotatable bonds is 4. The van der Waals surface area contributed by atoms with Crippen molar-refractivity contribution in [2.45, 2.75) is 12.8 Å². The molecular weight excluding hydrogens is 302 g/mol. The van der Waals surface area contributed by atoms with Gasteiger partial charge in [0.05, 0.1) is 11.1 Å². The van der Waals surface area contributed by atoms with Gasteiger partial charge in [0.1, 0.15) is 0 Å². The van der Waals surface area contributed by atoms with Gasteiger partial charge in [-0.25, -0.2) is 0 Å². The Morgan fingerprint density at radius 2 is 1.82 bits per heavy atom. The van der Waals surface area contributed by atoms with Crippen LogP contribution in [0.25, 0.3) is 0 Å². The van der Waals surface area contributed by atoms with Crippen molar-refractivity contribution in [1.29, 1.82) is 0 Å². The molecule has 0 spiro atoms. The molecule has 0 saturated carbocycles. The number of unbranched alkanes of at least 4 members (excludes halogenated alkanes) is 1. The van der Waals surface area contributed by atoms with E-state index in [0.717, 1.165) is 23.1 Å². The molecule has 0 unspecified atom stereocenters. The highest BCUT2D eigenvalue weighted by Gasteiger charge is 2.34. The largest absolute Gasteiger partial charge is 0.274 e. The van der Waals surface area contributed by atoms with Gasteiger partial charge in [-0.15, -0.1) is 0 Å². The van der Waals surface area contributed by atoms with E-state index < -0.39 is 0 Å². The topological polar surface area (TPSA) is 37.4 Å². The van der Waals surface area contributed by atoms with Crippen molar-refractivity contribution in [2.75, 3.05) is 12.3 Å². The minimum Gasteiger partial charge on any atom is -0.274 e. The van der Waals surface area contributed by atoms with E-state index in [4.69, 9.17) is 0 Å². The van der Waals surface area contributed by atoms with Crippen LogP contribution >= 0.6 is 28.6 Å². The predicted molar refractivity (Wildman–Crippen MR) is 72.6 cm³/mol. The highest BCUT2D eigenvalue weighted by atomic mass is 79.9. The number of benzene rings is 1. The molecule has 1 aromatic carbocycles. The predicted octanol–water partition coefficient (Wildman–Crippen LogP) is 2.76. The summed E-state index contributed by atoms with van der Waals surface area (Å²) in [5.74, 6) is 0.400. The number of thiol groups is 1. The van der Waals surface area contributed by atoms with Crippen molar-refractivity contribution >= 4 is 40.4 Å². The molecule has 17 heavy (non-hydrogen) atoms. The average molecular weight is 314 g/mol. The molecule has 1 heterocycles. The summed E-state index contributed by atoms with van der Waals surface area (Å²) >= 11 is 7.41. The molecule has 3 nitrogen and oxygen atoms in total. The molecule has 2 rings (SSSR count). The zero-order valence-corrected chi connectivity index (χ0v) is 11.6. The van der Waals surface area contributed by atoms with Crippen molar-refractivity contribution in [3.63, 3.8) is 0 Å². The SMILES string of the molecule is O=C1c2ccc(Br)cc2C(=O)N1CCCCS. The first-order valence-electron chi connectivity index (χ1n) is 5.41. The van der Waals surface area contributed by atoms with E-state index >= 15 is 0 Å². The average Bonchev–Trinajstić information content (AvgIpc) is 2.54. The number of fused-ring (bicyclic) bond motifs is 1. The Labute approximate surface area is 114 Å². The lowest BCUT2D eigenvalue weighted by Gasteiger charge is -2.12. The summed E-state index contributed by atoms with van der Waals surface area (Å²) in [6.45, 7) is 0.477. The summed E-state index contributed by atoms with van der Waals surface area (Å²) in [5, 5.41) is 0. The van der Waals surface area contributed by atoms with E-state index in [9.17, 15) is 9.59 Å². The van der Waals surface area contributed by atoms with Gasteiger partial charge in [0.2, 0.25) is 0 Å². The maximum absolute atomic E-state index is 12.0. The molecule has 0 atom stereocenters. The normalized spacial score (nSPS) is 14.4. The van der Waals surface area contributed by atoms with Gasteiger partial charge in [-0.3, -0.25) is 14.5 Å². The molecule has 0 aromatic heterocycles. The van der Waals surface area contributed by atoms with Crippen LogP contribution in [0.15, 0.2) is 22.7 Å². The molecular formula is C12H12BrNO2S. The fourth-order valence-electron chi connectivity index (χ4n) is 1.85. The highest BCUT2D eigenvalue weighted by molar-refractivity contribution is 9.10. The van der Waals surface area contributed by atoms with Gasteiger partial charge in [-0.1, -0.05) is 15.9 Å². The summed E-state index contributed by atoms with van der Waals surface area (Å²) in [5.41, 5.74) is 0.999. The van der Waals surface area contributed by atoms with Gasteiger partial charge in [0.15, 0.2) is 0 Å². The number of amides is 2. The van der Waals surface area contributed by atoms with Crippen LogP contribution in [0.3, 0.4) is 0 Å². The Bertz CT molecular complexity index is 476. The molecule has 1 aromatic rings. The Morgan fingerprint density at radius 3 is 2.53 bits per heavy atom. The minimum atomic E-state index is -0.189. The van der Waals surface area contributed by atoms with Gasteiger partial charge in [-0.05, 0) is 36.8 Å². The van der Waals surface area contributed by atoms with E-state index in [1.165, 1.54) is 4.90 Å². The maximum atomic E-state index is 12.0. The molecule has 1 aliphatic rings. The number of hydrogen-bond donors (Lipinski definition) is 1. The zero-order valence-electron chi connectivity index (χ0n) is 9.15. The molecule has 0 saturated heterocycles. The van der Waals surface area contributed by atoms with Crippen molar-refractivity contribution in [1.82, 2.24) is 4.90 Å². The zero-order chi connectivity index (χ0) is 12.4. The fraction of sp³-hybridized carbons (Fsp3) is 0.333. The lowest BCUT2D eigenvalue weighted by atomic mass is 10.1. The fourth-order valence-corrected chi connectivity index (χ4v) is 2.43. The number of carbonyl (C=O) groups excluding carboxylic acids is 2. The van der Waals surface area contributed by atoms with Gasteiger partial charge in [0.25, 0.3) is 11.8 Å². The summed E-state index contributed by atoms with van der Waals surface area (Å²) in [6, 6.07) is 5.17. The van der Waals surface area contributed by atoms with Crippen molar-refractivity contribution < 1.29 is 9.59 Å². The number of hydrogen-bond acceptors (Lipinski definition) is 3. The standard InChI is InChI=1S/C12H12BrNO2S/c13-8-3-4-9-10(7-8)12(16)14(11(9)15)5-1-2-6-17/h3-4,7,17H,1-2,5-6H2. The Kier molecular flexibility index (Phi) is 3.89. The van der Waals surface area contributed by atoms with Crippen LogP contribution in [0.1, 0.15) is 33.6 Å². The van der Waals surface area contributed by atoms with Crippen molar-refractivity contribution in [3.8, 4) is 0 Å². The van der Waals surface area contributed by atoms with Crippen LogP contribution in [0.5, 0.6) is 0 Å². The molecule has 90 valence electrons. The second-order valence-electron chi connectivity index (χ2n) is 3.88. The second kappa shape index (κ2) is 5.23. The van der Waals surface area contributed by atoms with Crippen LogP contribution in [-0.4, -0.2) is 29.0 Å². The molecule has 0 fully saturated rings. The molecule has 0 aliphatic carbocycles. The van der Waals surface area contributed by atoms with E-state index in [2.05, 4.69) is 28.6 Å².